The molecule has 1 unspecified atom stereocenters. The van der Waals surface area contributed by atoms with Crippen molar-refractivity contribution in [2.45, 2.75) is 38.0 Å². The molecule has 2 N–H and O–H groups in total. The van der Waals surface area contributed by atoms with Crippen LogP contribution in [0.5, 0.6) is 0 Å². The Morgan fingerprint density at radius 1 is 1.33 bits per heavy atom. The van der Waals surface area contributed by atoms with Crippen LogP contribution in [0.4, 0.5) is 14.9 Å². The first-order valence-electron chi connectivity index (χ1n) is 8.34. The van der Waals surface area contributed by atoms with E-state index in [0.29, 0.717) is 30.3 Å². The zero-order chi connectivity index (χ0) is 16.7. The zero-order valence-electron chi connectivity index (χ0n) is 13.6. The molecule has 4 rings (SSSR count). The van der Waals surface area contributed by atoms with Crippen LogP contribution in [-0.4, -0.2) is 39.2 Å². The maximum absolute atomic E-state index is 13.8. The SMILES string of the molecule is Cc1nc(C2CCN(C(=O)Nc3ccc(F)c(C4CC4)c3)C2)n[nH]1. The molecule has 1 aromatic carbocycles. The smallest absolute Gasteiger partial charge is 0.321 e. The summed E-state index contributed by atoms with van der Waals surface area (Å²) in [5.41, 5.74) is 1.36. The predicted octanol–water partition coefficient (Wildman–Crippen LogP) is 3.15. The van der Waals surface area contributed by atoms with Crippen LogP contribution in [0.25, 0.3) is 0 Å². The highest BCUT2D eigenvalue weighted by atomic mass is 19.1. The number of hydrogen-bond acceptors (Lipinski definition) is 3. The molecule has 1 aliphatic heterocycles. The minimum atomic E-state index is -0.184. The summed E-state index contributed by atoms with van der Waals surface area (Å²) in [6.45, 7) is 3.13. The topological polar surface area (TPSA) is 73.9 Å². The van der Waals surface area contributed by atoms with E-state index < -0.39 is 0 Å². The number of halogens is 1. The first kappa shape index (κ1) is 15.1. The Morgan fingerprint density at radius 3 is 2.88 bits per heavy atom. The van der Waals surface area contributed by atoms with Crippen molar-refractivity contribution in [3.05, 3.63) is 41.2 Å². The molecule has 1 aromatic heterocycles. The van der Waals surface area contributed by atoms with Gasteiger partial charge in [0.15, 0.2) is 5.82 Å². The van der Waals surface area contributed by atoms with Gasteiger partial charge < -0.3 is 10.2 Å². The van der Waals surface area contributed by atoms with Crippen molar-refractivity contribution in [1.29, 1.82) is 0 Å². The second kappa shape index (κ2) is 5.89. The fraction of sp³-hybridized carbons (Fsp3) is 0.471. The Balaban J connectivity index is 1.41. The number of amides is 2. The van der Waals surface area contributed by atoms with Crippen molar-refractivity contribution in [3.8, 4) is 0 Å². The highest BCUT2D eigenvalue weighted by molar-refractivity contribution is 5.89. The van der Waals surface area contributed by atoms with Crippen LogP contribution >= 0.6 is 0 Å². The number of carbonyl (C=O) groups is 1. The van der Waals surface area contributed by atoms with Gasteiger partial charge in [-0.3, -0.25) is 5.10 Å². The van der Waals surface area contributed by atoms with Gasteiger partial charge in [-0.2, -0.15) is 5.10 Å². The van der Waals surface area contributed by atoms with Crippen molar-refractivity contribution in [2.75, 3.05) is 18.4 Å². The summed E-state index contributed by atoms with van der Waals surface area (Å²) in [5.74, 6) is 1.84. The second-order valence-electron chi connectivity index (χ2n) is 6.65. The van der Waals surface area contributed by atoms with E-state index in [-0.39, 0.29) is 17.8 Å². The lowest BCUT2D eigenvalue weighted by Gasteiger charge is -2.17. The van der Waals surface area contributed by atoms with Gasteiger partial charge in [-0.15, -0.1) is 0 Å². The molecule has 6 nitrogen and oxygen atoms in total. The largest absolute Gasteiger partial charge is 0.324 e. The Hall–Kier alpha value is -2.44. The molecule has 1 atom stereocenters. The van der Waals surface area contributed by atoms with E-state index in [0.717, 1.165) is 30.9 Å². The quantitative estimate of drug-likeness (QED) is 0.908. The summed E-state index contributed by atoms with van der Waals surface area (Å²) in [6.07, 6.45) is 2.90. The molecular weight excluding hydrogens is 309 g/mol. The average molecular weight is 329 g/mol. The molecule has 1 saturated carbocycles. The third kappa shape index (κ3) is 2.98. The number of hydrogen-bond donors (Lipinski definition) is 2. The number of aryl methyl sites for hydroxylation is 1. The van der Waals surface area contributed by atoms with Crippen molar-refractivity contribution >= 4 is 11.7 Å². The van der Waals surface area contributed by atoms with Crippen LogP contribution in [0.2, 0.25) is 0 Å². The Kier molecular flexibility index (Phi) is 3.70. The Bertz CT molecular complexity index is 770. The third-order valence-corrected chi connectivity index (χ3v) is 4.72. The molecule has 2 fully saturated rings. The summed E-state index contributed by atoms with van der Waals surface area (Å²) in [7, 11) is 0. The van der Waals surface area contributed by atoms with E-state index in [2.05, 4.69) is 20.5 Å². The number of nitrogens with zero attached hydrogens (tertiary/aromatic N) is 3. The summed E-state index contributed by atoms with van der Waals surface area (Å²) >= 11 is 0. The number of rotatable bonds is 3. The van der Waals surface area contributed by atoms with Gasteiger partial charge >= 0.3 is 6.03 Å². The molecular formula is C17H20FN5O. The van der Waals surface area contributed by atoms with E-state index >= 15 is 0 Å². The number of H-pyrrole nitrogens is 1. The van der Waals surface area contributed by atoms with Crippen LogP contribution in [-0.2, 0) is 0 Å². The molecule has 126 valence electrons. The molecule has 7 heteroatoms. The van der Waals surface area contributed by atoms with Crippen LogP contribution in [0.3, 0.4) is 0 Å². The molecule has 1 saturated heterocycles. The highest BCUT2D eigenvalue weighted by Gasteiger charge is 2.30. The molecule has 2 amide bonds. The second-order valence-corrected chi connectivity index (χ2v) is 6.65. The van der Waals surface area contributed by atoms with Crippen LogP contribution in [0, 0.1) is 12.7 Å². The maximum Gasteiger partial charge on any atom is 0.321 e. The van der Waals surface area contributed by atoms with Gasteiger partial charge in [0.1, 0.15) is 11.6 Å². The lowest BCUT2D eigenvalue weighted by Crippen LogP contribution is -2.32. The Labute approximate surface area is 139 Å². The average Bonchev–Trinajstić information content (AvgIpc) is 3.11. The van der Waals surface area contributed by atoms with E-state index in [1.54, 1.807) is 17.0 Å². The number of aromatic amines is 1. The first-order chi connectivity index (χ1) is 11.6. The third-order valence-electron chi connectivity index (χ3n) is 4.72. The predicted molar refractivity (Wildman–Crippen MR) is 87.4 cm³/mol. The molecule has 2 aromatic rings. The zero-order valence-corrected chi connectivity index (χ0v) is 13.6. The van der Waals surface area contributed by atoms with Crippen LogP contribution in [0.15, 0.2) is 18.2 Å². The molecule has 24 heavy (non-hydrogen) atoms. The van der Waals surface area contributed by atoms with Crippen molar-refractivity contribution < 1.29 is 9.18 Å². The van der Waals surface area contributed by atoms with E-state index in [1.807, 2.05) is 6.92 Å². The number of carbonyl (C=O) groups excluding carboxylic acids is 1. The minimum absolute atomic E-state index is 0.155. The molecule has 0 radical (unpaired) electrons. The van der Waals surface area contributed by atoms with Crippen molar-refractivity contribution in [2.24, 2.45) is 0 Å². The highest BCUT2D eigenvalue weighted by Crippen LogP contribution is 2.42. The number of nitrogens with one attached hydrogen (secondary N) is 2. The summed E-state index contributed by atoms with van der Waals surface area (Å²) < 4.78 is 13.8. The maximum atomic E-state index is 13.8. The van der Waals surface area contributed by atoms with Gasteiger partial charge in [0.2, 0.25) is 0 Å². The van der Waals surface area contributed by atoms with Gasteiger partial charge in [-0.1, -0.05) is 0 Å². The molecule has 0 spiro atoms. The summed E-state index contributed by atoms with van der Waals surface area (Å²) in [6, 6.07) is 4.66. The lowest BCUT2D eigenvalue weighted by atomic mass is 10.1. The first-order valence-corrected chi connectivity index (χ1v) is 8.34. The summed E-state index contributed by atoms with van der Waals surface area (Å²) in [5, 5.41) is 9.91. The standard InChI is InChI=1S/C17H20FN5O/c1-10-19-16(22-21-10)12-6-7-23(9-12)17(24)20-13-4-5-15(18)14(8-13)11-2-3-11/h4-5,8,11-12H,2-3,6-7,9H2,1H3,(H,20,24)(H,19,21,22). The van der Waals surface area contributed by atoms with E-state index in [9.17, 15) is 9.18 Å². The monoisotopic (exact) mass is 329 g/mol. The number of urea groups is 1. The summed E-state index contributed by atoms with van der Waals surface area (Å²) in [4.78, 5) is 18.6. The normalized spacial score (nSPS) is 20.4. The van der Waals surface area contributed by atoms with E-state index in [1.165, 1.54) is 6.07 Å². The lowest BCUT2D eigenvalue weighted by molar-refractivity contribution is 0.222. The number of likely N-dealkylation sites (tertiary alicyclic amines) is 1. The molecule has 2 heterocycles. The fourth-order valence-electron chi connectivity index (χ4n) is 3.23. The van der Waals surface area contributed by atoms with Crippen LogP contribution < -0.4 is 5.32 Å². The number of benzene rings is 1. The molecule has 1 aliphatic carbocycles. The number of anilines is 1. The van der Waals surface area contributed by atoms with Gasteiger partial charge in [0, 0.05) is 24.7 Å². The van der Waals surface area contributed by atoms with Crippen LogP contribution in [0.1, 0.15) is 48.3 Å². The molecule has 0 bridgehead atoms. The molecule has 2 aliphatic rings. The van der Waals surface area contributed by atoms with Gasteiger partial charge in [-0.05, 0) is 55.9 Å². The fourth-order valence-corrected chi connectivity index (χ4v) is 3.23. The van der Waals surface area contributed by atoms with Gasteiger partial charge in [-0.25, -0.2) is 14.2 Å². The Morgan fingerprint density at radius 2 is 2.17 bits per heavy atom. The van der Waals surface area contributed by atoms with E-state index in [4.69, 9.17) is 0 Å². The van der Waals surface area contributed by atoms with Crippen molar-refractivity contribution in [3.63, 3.8) is 0 Å². The van der Waals surface area contributed by atoms with Gasteiger partial charge in [0.05, 0.1) is 0 Å². The van der Waals surface area contributed by atoms with Gasteiger partial charge in [0.25, 0.3) is 0 Å². The minimum Gasteiger partial charge on any atom is -0.324 e. The number of aromatic nitrogens is 3. The van der Waals surface area contributed by atoms with Crippen molar-refractivity contribution in [1.82, 2.24) is 20.1 Å².